The van der Waals surface area contributed by atoms with Crippen molar-refractivity contribution < 1.29 is 0 Å². The molecule has 3 heterocycles. The number of hydrogen-bond donors (Lipinski definition) is 1. The predicted molar refractivity (Wildman–Crippen MR) is 67.2 cm³/mol. The quantitative estimate of drug-likeness (QED) is 0.767. The van der Waals surface area contributed by atoms with Crippen molar-refractivity contribution >= 4 is 22.9 Å². The number of nitrogens with zero attached hydrogens (tertiary/aromatic N) is 4. The average molecular weight is 245 g/mol. The molecule has 0 aliphatic heterocycles. The van der Waals surface area contributed by atoms with Crippen molar-refractivity contribution in [3.63, 3.8) is 0 Å². The molecule has 0 bridgehead atoms. The van der Waals surface area contributed by atoms with Gasteiger partial charge in [0.15, 0.2) is 5.65 Å². The van der Waals surface area contributed by atoms with Crippen molar-refractivity contribution in [2.24, 2.45) is 0 Å². The van der Waals surface area contributed by atoms with Crippen molar-refractivity contribution in [1.82, 2.24) is 19.6 Å². The van der Waals surface area contributed by atoms with E-state index in [1.807, 2.05) is 36.7 Å². The van der Waals surface area contributed by atoms with Crippen LogP contribution in [-0.4, -0.2) is 19.6 Å². The maximum Gasteiger partial charge on any atom is 0.243 e. The fraction of sp³-hybridized carbons (Fsp3) is 0.182. The molecule has 0 saturated carbocycles. The van der Waals surface area contributed by atoms with Gasteiger partial charge in [-0.15, -0.1) is 16.4 Å². The van der Waals surface area contributed by atoms with E-state index in [0.29, 0.717) is 12.5 Å². The highest BCUT2D eigenvalue weighted by Crippen LogP contribution is 2.11. The Morgan fingerprint density at radius 2 is 2.29 bits per heavy atom. The van der Waals surface area contributed by atoms with E-state index in [0.717, 1.165) is 16.3 Å². The highest BCUT2D eigenvalue weighted by Gasteiger charge is 2.03. The first-order valence-corrected chi connectivity index (χ1v) is 6.15. The van der Waals surface area contributed by atoms with E-state index in [-0.39, 0.29) is 0 Å². The van der Waals surface area contributed by atoms with Crippen molar-refractivity contribution in [3.05, 3.63) is 40.5 Å². The minimum absolute atomic E-state index is 0.629. The monoisotopic (exact) mass is 245 g/mol. The second kappa shape index (κ2) is 4.14. The predicted octanol–water partition coefficient (Wildman–Crippen LogP) is 2.11. The minimum Gasteiger partial charge on any atom is -0.346 e. The molecule has 17 heavy (non-hydrogen) atoms. The van der Waals surface area contributed by atoms with Gasteiger partial charge in [-0.05, 0) is 19.1 Å². The molecule has 0 fully saturated rings. The van der Waals surface area contributed by atoms with Gasteiger partial charge in [0.2, 0.25) is 5.95 Å². The summed E-state index contributed by atoms with van der Waals surface area (Å²) < 4.78 is 1.75. The third-order valence-electron chi connectivity index (χ3n) is 2.31. The van der Waals surface area contributed by atoms with E-state index >= 15 is 0 Å². The van der Waals surface area contributed by atoms with Crippen LogP contribution >= 0.6 is 11.3 Å². The molecular weight excluding hydrogens is 234 g/mol. The first-order chi connectivity index (χ1) is 8.31. The summed E-state index contributed by atoms with van der Waals surface area (Å²) in [5.74, 6) is 0.629. The van der Waals surface area contributed by atoms with Gasteiger partial charge in [0.1, 0.15) is 5.01 Å². The number of aromatic nitrogens is 4. The number of aryl methyl sites for hydroxylation is 1. The van der Waals surface area contributed by atoms with Crippen LogP contribution in [0.3, 0.4) is 0 Å². The molecule has 3 aromatic rings. The highest BCUT2D eigenvalue weighted by atomic mass is 32.1. The lowest BCUT2D eigenvalue weighted by Crippen LogP contribution is -2.00. The maximum absolute atomic E-state index is 4.37. The third-order valence-corrected chi connectivity index (χ3v) is 3.27. The fourth-order valence-corrected chi connectivity index (χ4v) is 2.26. The van der Waals surface area contributed by atoms with Gasteiger partial charge in [0.05, 0.1) is 6.54 Å². The van der Waals surface area contributed by atoms with Crippen LogP contribution in [0.25, 0.3) is 5.65 Å². The van der Waals surface area contributed by atoms with Crippen LogP contribution in [0.5, 0.6) is 0 Å². The van der Waals surface area contributed by atoms with Crippen molar-refractivity contribution in [2.75, 3.05) is 5.32 Å². The van der Waals surface area contributed by atoms with Crippen LogP contribution in [0.1, 0.15) is 10.7 Å². The largest absolute Gasteiger partial charge is 0.346 e. The SMILES string of the molecule is Cc1csc(CNc2nc3ccccn3n2)n1. The Balaban J connectivity index is 1.76. The van der Waals surface area contributed by atoms with Gasteiger partial charge >= 0.3 is 0 Å². The lowest BCUT2D eigenvalue weighted by Gasteiger charge is -1.96. The van der Waals surface area contributed by atoms with Gasteiger partial charge < -0.3 is 5.32 Å². The first-order valence-electron chi connectivity index (χ1n) is 5.27. The number of nitrogens with one attached hydrogen (secondary N) is 1. The van der Waals surface area contributed by atoms with Gasteiger partial charge in [0, 0.05) is 17.3 Å². The normalized spacial score (nSPS) is 10.9. The minimum atomic E-state index is 0.629. The Morgan fingerprint density at radius 3 is 3.06 bits per heavy atom. The zero-order chi connectivity index (χ0) is 11.7. The Kier molecular flexibility index (Phi) is 2.49. The zero-order valence-corrected chi connectivity index (χ0v) is 10.1. The first kappa shape index (κ1) is 10.2. The molecule has 3 rings (SSSR count). The molecule has 3 aromatic heterocycles. The molecule has 0 saturated heterocycles. The Labute approximate surface area is 102 Å². The van der Waals surface area contributed by atoms with Gasteiger partial charge in [-0.25, -0.2) is 9.50 Å². The highest BCUT2D eigenvalue weighted by molar-refractivity contribution is 7.09. The number of rotatable bonds is 3. The number of thiazole rings is 1. The van der Waals surface area contributed by atoms with Gasteiger partial charge in [0.25, 0.3) is 0 Å². The second-order valence-corrected chi connectivity index (χ2v) is 4.62. The zero-order valence-electron chi connectivity index (χ0n) is 9.29. The Morgan fingerprint density at radius 1 is 1.35 bits per heavy atom. The molecule has 1 N–H and O–H groups in total. The van der Waals surface area contributed by atoms with E-state index in [9.17, 15) is 0 Å². The van der Waals surface area contributed by atoms with Gasteiger partial charge in [-0.3, -0.25) is 0 Å². The molecule has 0 amide bonds. The van der Waals surface area contributed by atoms with Crippen LogP contribution in [-0.2, 0) is 6.54 Å². The Hall–Kier alpha value is -1.95. The summed E-state index contributed by atoms with van der Waals surface area (Å²) in [6.07, 6.45) is 1.88. The lowest BCUT2D eigenvalue weighted by molar-refractivity contribution is 0.947. The van der Waals surface area contributed by atoms with Crippen LogP contribution in [0.15, 0.2) is 29.8 Å². The molecule has 0 atom stereocenters. The van der Waals surface area contributed by atoms with E-state index < -0.39 is 0 Å². The van der Waals surface area contributed by atoms with Crippen LogP contribution in [0.4, 0.5) is 5.95 Å². The van der Waals surface area contributed by atoms with E-state index in [2.05, 4.69) is 20.4 Å². The summed E-state index contributed by atoms with van der Waals surface area (Å²) in [6.45, 7) is 2.65. The molecule has 86 valence electrons. The lowest BCUT2D eigenvalue weighted by atomic mass is 10.5. The van der Waals surface area contributed by atoms with E-state index in [1.165, 1.54) is 0 Å². The fourth-order valence-electron chi connectivity index (χ4n) is 1.54. The molecule has 0 aliphatic carbocycles. The number of anilines is 1. The summed E-state index contributed by atoms with van der Waals surface area (Å²) in [5, 5.41) is 10.6. The molecule has 5 nitrogen and oxygen atoms in total. The van der Waals surface area contributed by atoms with Crippen molar-refractivity contribution in [1.29, 1.82) is 0 Å². The average Bonchev–Trinajstić information content (AvgIpc) is 2.91. The molecule has 0 unspecified atom stereocenters. The molecule has 0 spiro atoms. The molecule has 0 aromatic carbocycles. The summed E-state index contributed by atoms with van der Waals surface area (Å²) in [5.41, 5.74) is 1.89. The van der Waals surface area contributed by atoms with Crippen LogP contribution in [0.2, 0.25) is 0 Å². The Bertz CT molecular complexity index is 609. The molecule has 0 aliphatic rings. The van der Waals surface area contributed by atoms with Crippen LogP contribution < -0.4 is 5.32 Å². The van der Waals surface area contributed by atoms with E-state index in [1.54, 1.807) is 15.9 Å². The summed E-state index contributed by atoms with van der Waals surface area (Å²) in [7, 11) is 0. The van der Waals surface area contributed by atoms with Crippen molar-refractivity contribution in [3.8, 4) is 0 Å². The third kappa shape index (κ3) is 2.12. The summed E-state index contributed by atoms with van der Waals surface area (Å²) in [4.78, 5) is 8.73. The second-order valence-electron chi connectivity index (χ2n) is 3.67. The number of pyridine rings is 1. The topological polar surface area (TPSA) is 55.1 Å². The number of hydrogen-bond acceptors (Lipinski definition) is 5. The van der Waals surface area contributed by atoms with E-state index in [4.69, 9.17) is 0 Å². The molecule has 0 radical (unpaired) electrons. The smallest absolute Gasteiger partial charge is 0.243 e. The number of fused-ring (bicyclic) bond motifs is 1. The summed E-state index contributed by atoms with van der Waals surface area (Å²) in [6, 6.07) is 5.79. The van der Waals surface area contributed by atoms with Crippen LogP contribution in [0, 0.1) is 6.92 Å². The van der Waals surface area contributed by atoms with Gasteiger partial charge in [-0.1, -0.05) is 6.07 Å². The van der Waals surface area contributed by atoms with Crippen molar-refractivity contribution in [2.45, 2.75) is 13.5 Å². The molecule has 6 heteroatoms. The van der Waals surface area contributed by atoms with Gasteiger partial charge in [-0.2, -0.15) is 4.98 Å². The standard InChI is InChI=1S/C11H11N5S/c1-8-7-17-10(13-8)6-12-11-14-9-4-2-3-5-16(9)15-11/h2-5,7H,6H2,1H3,(H,12,15). The summed E-state index contributed by atoms with van der Waals surface area (Å²) >= 11 is 1.64. The maximum atomic E-state index is 4.37. The molecular formula is C11H11N5S.